The van der Waals surface area contributed by atoms with Crippen molar-refractivity contribution in [3.63, 3.8) is 0 Å². The minimum absolute atomic E-state index is 0.0194. The highest BCUT2D eigenvalue weighted by Crippen LogP contribution is 2.16. The summed E-state index contributed by atoms with van der Waals surface area (Å²) >= 11 is 0. The molecule has 2 aromatic rings. The van der Waals surface area contributed by atoms with Gasteiger partial charge in [-0.1, -0.05) is 0 Å². The Balaban J connectivity index is 2.22. The van der Waals surface area contributed by atoms with E-state index in [2.05, 4.69) is 9.97 Å². The number of halogens is 1. The molecule has 3 nitrogen and oxygen atoms in total. The van der Waals surface area contributed by atoms with Gasteiger partial charge in [-0.2, -0.15) is 0 Å². The molecule has 0 spiro atoms. The van der Waals surface area contributed by atoms with Gasteiger partial charge < -0.3 is 4.74 Å². The number of aryl methyl sites for hydroxylation is 1. The quantitative estimate of drug-likeness (QED) is 0.815. The molecule has 0 N–H and O–H groups in total. The van der Waals surface area contributed by atoms with E-state index in [1.165, 1.54) is 13.2 Å². The molecule has 0 bridgehead atoms. The lowest BCUT2D eigenvalue weighted by atomic mass is 10.1. The first-order valence-corrected chi connectivity index (χ1v) is 5.29. The summed E-state index contributed by atoms with van der Waals surface area (Å²) in [5.41, 5.74) is 2.81. The zero-order valence-electron chi connectivity index (χ0n) is 9.77. The Bertz CT molecular complexity index is 529. The van der Waals surface area contributed by atoms with Crippen LogP contribution in [0.5, 0.6) is 5.88 Å². The number of hydrogen-bond donors (Lipinski definition) is 0. The second kappa shape index (κ2) is 4.91. The van der Waals surface area contributed by atoms with E-state index < -0.39 is 5.82 Å². The van der Waals surface area contributed by atoms with E-state index in [0.29, 0.717) is 6.42 Å². The molecule has 2 rings (SSSR count). The van der Waals surface area contributed by atoms with Gasteiger partial charge in [0.05, 0.1) is 7.11 Å². The molecular weight excluding hydrogens is 219 g/mol. The highest BCUT2D eigenvalue weighted by molar-refractivity contribution is 5.25. The summed E-state index contributed by atoms with van der Waals surface area (Å²) in [6, 6.07) is 5.33. The first kappa shape index (κ1) is 11.5. The van der Waals surface area contributed by atoms with E-state index >= 15 is 0 Å². The summed E-state index contributed by atoms with van der Waals surface area (Å²) in [6.45, 7) is 2.00. The first-order valence-electron chi connectivity index (χ1n) is 5.29. The van der Waals surface area contributed by atoms with Crippen LogP contribution in [-0.4, -0.2) is 17.1 Å². The number of pyridine rings is 2. The van der Waals surface area contributed by atoms with Gasteiger partial charge in [-0.05, 0) is 36.2 Å². The molecule has 4 heteroatoms. The van der Waals surface area contributed by atoms with Gasteiger partial charge in [-0.25, -0.2) is 9.37 Å². The van der Waals surface area contributed by atoms with Crippen LogP contribution in [-0.2, 0) is 6.42 Å². The van der Waals surface area contributed by atoms with Crippen molar-refractivity contribution in [1.29, 1.82) is 0 Å². The van der Waals surface area contributed by atoms with E-state index in [0.717, 1.165) is 16.8 Å². The molecule has 88 valence electrons. The van der Waals surface area contributed by atoms with Crippen LogP contribution in [0.25, 0.3) is 0 Å². The van der Waals surface area contributed by atoms with Crippen LogP contribution >= 0.6 is 0 Å². The number of nitrogens with zero attached hydrogens (tertiary/aromatic N) is 2. The van der Waals surface area contributed by atoms with Crippen molar-refractivity contribution in [2.75, 3.05) is 7.11 Å². The lowest BCUT2D eigenvalue weighted by molar-refractivity contribution is 0.368. The molecule has 0 radical (unpaired) electrons. The maximum atomic E-state index is 13.4. The number of rotatable bonds is 3. The van der Waals surface area contributed by atoms with E-state index in [4.69, 9.17) is 4.74 Å². The Hall–Kier alpha value is -1.97. The fourth-order valence-corrected chi connectivity index (χ4v) is 1.62. The topological polar surface area (TPSA) is 35.0 Å². The summed E-state index contributed by atoms with van der Waals surface area (Å²) in [4.78, 5) is 8.12. The lowest BCUT2D eigenvalue weighted by Gasteiger charge is -2.04. The average molecular weight is 232 g/mol. The SMILES string of the molecule is COc1ncc(Cc2cc(C)ccn2)cc1F. The Morgan fingerprint density at radius 2 is 2.12 bits per heavy atom. The molecule has 0 saturated heterocycles. The van der Waals surface area contributed by atoms with Crippen LogP contribution in [0.4, 0.5) is 4.39 Å². The van der Waals surface area contributed by atoms with Gasteiger partial charge in [0.1, 0.15) is 0 Å². The molecule has 0 aromatic carbocycles. The highest BCUT2D eigenvalue weighted by Gasteiger charge is 2.06. The van der Waals surface area contributed by atoms with Crippen LogP contribution in [0.2, 0.25) is 0 Å². The maximum Gasteiger partial charge on any atom is 0.250 e. The smallest absolute Gasteiger partial charge is 0.250 e. The van der Waals surface area contributed by atoms with Crippen molar-refractivity contribution in [2.24, 2.45) is 0 Å². The molecule has 2 aromatic heterocycles. The summed E-state index contributed by atoms with van der Waals surface area (Å²) in [5.74, 6) is -0.427. The number of aromatic nitrogens is 2. The van der Waals surface area contributed by atoms with Crippen LogP contribution in [0.3, 0.4) is 0 Å². The van der Waals surface area contributed by atoms with Crippen molar-refractivity contribution in [3.8, 4) is 5.88 Å². The second-order valence-electron chi connectivity index (χ2n) is 3.84. The van der Waals surface area contributed by atoms with Gasteiger partial charge in [0.15, 0.2) is 5.82 Å². The van der Waals surface area contributed by atoms with Gasteiger partial charge in [0.2, 0.25) is 5.88 Å². The number of methoxy groups -OCH3 is 1. The van der Waals surface area contributed by atoms with Gasteiger partial charge >= 0.3 is 0 Å². The molecule has 0 aliphatic rings. The predicted octanol–water partition coefficient (Wildman–Crippen LogP) is 2.52. The fraction of sp³-hybridized carbons (Fsp3) is 0.231. The third kappa shape index (κ3) is 2.78. The van der Waals surface area contributed by atoms with Gasteiger partial charge in [-0.15, -0.1) is 0 Å². The van der Waals surface area contributed by atoms with E-state index in [1.807, 2.05) is 19.1 Å². The molecular formula is C13H13FN2O. The zero-order valence-corrected chi connectivity index (χ0v) is 9.77. The molecule has 0 amide bonds. The number of hydrogen-bond acceptors (Lipinski definition) is 3. The average Bonchev–Trinajstić information content (AvgIpc) is 2.29. The van der Waals surface area contributed by atoms with E-state index in [9.17, 15) is 4.39 Å². The molecule has 17 heavy (non-hydrogen) atoms. The van der Waals surface area contributed by atoms with Crippen molar-refractivity contribution in [3.05, 3.63) is 53.2 Å². The third-order valence-electron chi connectivity index (χ3n) is 2.41. The normalized spacial score (nSPS) is 10.3. The largest absolute Gasteiger partial charge is 0.479 e. The standard InChI is InChI=1S/C13H13FN2O/c1-9-3-4-15-11(5-9)6-10-7-12(14)13(17-2)16-8-10/h3-5,7-8H,6H2,1-2H3. The van der Waals surface area contributed by atoms with Crippen LogP contribution < -0.4 is 4.74 Å². The molecule has 0 aliphatic heterocycles. The number of ether oxygens (including phenoxy) is 1. The van der Waals surface area contributed by atoms with Gasteiger partial charge in [0.25, 0.3) is 0 Å². The summed E-state index contributed by atoms with van der Waals surface area (Å²) in [5, 5.41) is 0. The molecule has 0 saturated carbocycles. The highest BCUT2D eigenvalue weighted by atomic mass is 19.1. The monoisotopic (exact) mass is 232 g/mol. The lowest BCUT2D eigenvalue weighted by Crippen LogP contribution is -1.97. The summed E-state index contributed by atoms with van der Waals surface area (Å²) in [7, 11) is 1.40. The molecule has 2 heterocycles. The summed E-state index contributed by atoms with van der Waals surface area (Å²) in [6.07, 6.45) is 3.92. The van der Waals surface area contributed by atoms with Crippen molar-refractivity contribution in [2.45, 2.75) is 13.3 Å². The summed E-state index contributed by atoms with van der Waals surface area (Å²) < 4.78 is 18.2. The van der Waals surface area contributed by atoms with Gasteiger partial charge in [0, 0.05) is 24.5 Å². The van der Waals surface area contributed by atoms with Crippen LogP contribution in [0.1, 0.15) is 16.8 Å². The second-order valence-corrected chi connectivity index (χ2v) is 3.84. The van der Waals surface area contributed by atoms with Gasteiger partial charge in [-0.3, -0.25) is 4.98 Å². The molecule has 0 atom stereocenters. The van der Waals surface area contributed by atoms with Crippen molar-refractivity contribution >= 4 is 0 Å². The molecule has 0 aliphatic carbocycles. The van der Waals surface area contributed by atoms with Crippen LogP contribution in [0, 0.1) is 12.7 Å². The van der Waals surface area contributed by atoms with E-state index in [1.54, 1.807) is 12.4 Å². The van der Waals surface area contributed by atoms with E-state index in [-0.39, 0.29) is 5.88 Å². The Kier molecular flexibility index (Phi) is 3.32. The Morgan fingerprint density at radius 3 is 2.76 bits per heavy atom. The molecule has 0 unspecified atom stereocenters. The minimum Gasteiger partial charge on any atom is -0.479 e. The maximum absolute atomic E-state index is 13.4. The first-order chi connectivity index (χ1) is 8.19. The molecule has 0 fully saturated rings. The zero-order chi connectivity index (χ0) is 12.3. The third-order valence-corrected chi connectivity index (χ3v) is 2.41. The Morgan fingerprint density at radius 1 is 1.29 bits per heavy atom. The van der Waals surface area contributed by atoms with Crippen LogP contribution in [0.15, 0.2) is 30.6 Å². The minimum atomic E-state index is -0.447. The van der Waals surface area contributed by atoms with Crippen molar-refractivity contribution in [1.82, 2.24) is 9.97 Å². The Labute approximate surface area is 99.3 Å². The fourth-order valence-electron chi connectivity index (χ4n) is 1.62. The predicted molar refractivity (Wildman–Crippen MR) is 62.5 cm³/mol. The van der Waals surface area contributed by atoms with Crippen molar-refractivity contribution < 1.29 is 9.13 Å².